The lowest BCUT2D eigenvalue weighted by atomic mass is 9.80. The van der Waals surface area contributed by atoms with Crippen LogP contribution in [0.4, 0.5) is 0 Å². The van der Waals surface area contributed by atoms with Gasteiger partial charge in [0.15, 0.2) is 11.5 Å². The third-order valence-corrected chi connectivity index (χ3v) is 6.28. The summed E-state index contributed by atoms with van der Waals surface area (Å²) >= 11 is 0. The summed E-state index contributed by atoms with van der Waals surface area (Å²) in [6.45, 7) is 4.67. The second-order valence-corrected chi connectivity index (χ2v) is 8.25. The van der Waals surface area contributed by atoms with Crippen molar-refractivity contribution in [3.63, 3.8) is 0 Å². The standard InChI is InChI=1S/C23H26O6/c1-11(2)16-8-14-15(28-16)6-5-12-22(24)21-13-7-18(25-3)19(26-4)9-17(13)27-10-20(21)29-23(12)14/h5-7,9,11,16,20-22,24H,8,10H2,1-4H3/t16-,20-,21+,22-/m1/s1/i3-1. The van der Waals surface area contributed by atoms with Crippen molar-refractivity contribution in [3.05, 3.63) is 41.0 Å². The minimum atomic E-state index is -0.701. The molecule has 29 heavy (non-hydrogen) atoms. The number of methoxy groups -OCH3 is 2. The highest BCUT2D eigenvalue weighted by molar-refractivity contribution is 5.58. The molecular formula is C23H26O6. The molecular weight excluding hydrogens is 371 g/mol. The topological polar surface area (TPSA) is 66.4 Å². The number of benzene rings is 2. The van der Waals surface area contributed by atoms with Crippen molar-refractivity contribution < 1.29 is 28.8 Å². The monoisotopic (exact) mass is 397 g/mol. The lowest BCUT2D eigenvalue weighted by Crippen LogP contribution is -2.42. The highest BCUT2D eigenvalue weighted by atomic mass is 16.5. The Hall–Kier alpha value is -2.60. The fourth-order valence-corrected chi connectivity index (χ4v) is 4.64. The van der Waals surface area contributed by atoms with Crippen LogP contribution in [-0.4, -0.2) is 38.1 Å². The van der Waals surface area contributed by atoms with Crippen LogP contribution in [-0.2, 0) is 6.42 Å². The Morgan fingerprint density at radius 2 is 1.76 bits per heavy atom. The second kappa shape index (κ2) is 6.73. The molecule has 0 spiro atoms. The summed E-state index contributed by atoms with van der Waals surface area (Å²) in [5, 5.41) is 11.4. The van der Waals surface area contributed by atoms with Crippen molar-refractivity contribution in [2.75, 3.05) is 20.8 Å². The highest BCUT2D eigenvalue weighted by Crippen LogP contribution is 2.53. The smallest absolute Gasteiger partial charge is 0.164 e. The third-order valence-electron chi connectivity index (χ3n) is 6.28. The quantitative estimate of drug-likeness (QED) is 0.853. The van der Waals surface area contributed by atoms with Gasteiger partial charge in [-0.3, -0.25) is 0 Å². The number of hydrogen-bond donors (Lipinski definition) is 1. The number of fused-ring (bicyclic) bond motifs is 6. The molecule has 0 radical (unpaired) electrons. The first kappa shape index (κ1) is 18.4. The molecule has 3 aliphatic heterocycles. The van der Waals surface area contributed by atoms with Crippen LogP contribution in [0.25, 0.3) is 0 Å². The first-order valence-electron chi connectivity index (χ1n) is 10.1. The van der Waals surface area contributed by atoms with Crippen LogP contribution < -0.4 is 23.7 Å². The molecule has 3 heterocycles. The van der Waals surface area contributed by atoms with Crippen molar-refractivity contribution >= 4 is 0 Å². The second-order valence-electron chi connectivity index (χ2n) is 8.25. The molecule has 4 atom stereocenters. The summed E-state index contributed by atoms with van der Waals surface area (Å²) in [5.74, 6) is 3.68. The van der Waals surface area contributed by atoms with E-state index < -0.39 is 6.10 Å². The average Bonchev–Trinajstić information content (AvgIpc) is 3.17. The molecule has 0 bridgehead atoms. The van der Waals surface area contributed by atoms with Crippen molar-refractivity contribution in [1.29, 1.82) is 0 Å². The van der Waals surface area contributed by atoms with Gasteiger partial charge < -0.3 is 28.8 Å². The summed E-state index contributed by atoms with van der Waals surface area (Å²) in [5.41, 5.74) is 2.73. The van der Waals surface area contributed by atoms with Crippen LogP contribution in [0.5, 0.6) is 28.7 Å². The van der Waals surface area contributed by atoms with Crippen LogP contribution in [0.3, 0.4) is 0 Å². The van der Waals surface area contributed by atoms with Crippen LogP contribution >= 0.6 is 0 Å². The Labute approximate surface area is 170 Å². The fourth-order valence-electron chi connectivity index (χ4n) is 4.64. The zero-order chi connectivity index (χ0) is 20.3. The Morgan fingerprint density at radius 1 is 1.00 bits per heavy atom. The van der Waals surface area contributed by atoms with Gasteiger partial charge in [0.1, 0.15) is 36.1 Å². The largest absolute Gasteiger partial charge is 0.493 e. The van der Waals surface area contributed by atoms with Gasteiger partial charge in [0.05, 0.1) is 26.2 Å². The van der Waals surface area contributed by atoms with E-state index in [1.807, 2.05) is 24.3 Å². The van der Waals surface area contributed by atoms with E-state index in [0.717, 1.165) is 34.6 Å². The van der Waals surface area contributed by atoms with Crippen LogP contribution in [0.1, 0.15) is 42.6 Å². The molecule has 0 amide bonds. The normalized spacial score (nSPS) is 26.3. The van der Waals surface area contributed by atoms with Gasteiger partial charge in [-0.05, 0) is 24.1 Å². The predicted octanol–water partition coefficient (Wildman–Crippen LogP) is 3.63. The maximum absolute atomic E-state index is 11.4. The predicted molar refractivity (Wildman–Crippen MR) is 107 cm³/mol. The third kappa shape index (κ3) is 2.73. The van der Waals surface area contributed by atoms with Gasteiger partial charge in [0, 0.05) is 29.2 Å². The van der Waals surface area contributed by atoms with E-state index in [1.54, 1.807) is 14.2 Å². The SMILES string of the molecule is COc1cc2c(cc1O[11CH3])[C@@H]1[C@H](O)c3ccc4c(c3O[C@@H]1CO2)C[C@H](C(C)C)O4. The van der Waals surface area contributed by atoms with Gasteiger partial charge in [-0.1, -0.05) is 13.8 Å². The van der Waals surface area contributed by atoms with Crippen molar-refractivity contribution in [3.8, 4) is 28.7 Å². The van der Waals surface area contributed by atoms with Crippen LogP contribution in [0.15, 0.2) is 24.3 Å². The van der Waals surface area contributed by atoms with Crippen molar-refractivity contribution in [2.45, 2.75) is 44.5 Å². The average molecular weight is 397 g/mol. The summed E-state index contributed by atoms with van der Waals surface area (Å²) in [7, 11) is 3.20. The number of ether oxygens (including phenoxy) is 5. The highest BCUT2D eigenvalue weighted by Gasteiger charge is 2.45. The fraction of sp³-hybridized carbons (Fsp3) is 0.478. The van der Waals surface area contributed by atoms with Gasteiger partial charge in [-0.25, -0.2) is 0 Å². The van der Waals surface area contributed by atoms with E-state index in [0.29, 0.717) is 29.8 Å². The van der Waals surface area contributed by atoms with E-state index in [1.165, 1.54) is 0 Å². The molecule has 0 aliphatic carbocycles. The molecule has 6 nitrogen and oxygen atoms in total. The first-order valence-corrected chi connectivity index (χ1v) is 10.1. The van der Waals surface area contributed by atoms with E-state index in [2.05, 4.69) is 13.8 Å². The number of aliphatic hydroxyl groups is 1. The molecule has 2 aromatic rings. The molecule has 154 valence electrons. The number of rotatable bonds is 3. The Kier molecular flexibility index (Phi) is 4.28. The van der Waals surface area contributed by atoms with E-state index in [-0.39, 0.29) is 18.1 Å². The minimum Gasteiger partial charge on any atom is -0.493 e. The summed E-state index contributed by atoms with van der Waals surface area (Å²) in [6.07, 6.45) is -0.0569. The molecule has 6 heteroatoms. The van der Waals surface area contributed by atoms with Crippen molar-refractivity contribution in [2.24, 2.45) is 5.92 Å². The molecule has 0 saturated heterocycles. The Bertz CT molecular complexity index is 953. The number of hydrogen-bond acceptors (Lipinski definition) is 6. The minimum absolute atomic E-state index is 0.134. The molecule has 0 saturated carbocycles. The van der Waals surface area contributed by atoms with Gasteiger partial charge in [0.2, 0.25) is 0 Å². The zero-order valence-electron chi connectivity index (χ0n) is 17.1. The van der Waals surface area contributed by atoms with E-state index in [4.69, 9.17) is 23.7 Å². The van der Waals surface area contributed by atoms with E-state index in [9.17, 15) is 5.11 Å². The molecule has 1 N–H and O–H groups in total. The molecule has 0 unspecified atom stereocenters. The maximum Gasteiger partial charge on any atom is 0.164 e. The van der Waals surface area contributed by atoms with Crippen LogP contribution in [0.2, 0.25) is 0 Å². The van der Waals surface area contributed by atoms with E-state index >= 15 is 0 Å². The number of aliphatic hydroxyl groups excluding tert-OH is 1. The lowest BCUT2D eigenvalue weighted by molar-refractivity contribution is 0.000779. The molecule has 0 fully saturated rings. The maximum atomic E-state index is 11.4. The summed E-state index contributed by atoms with van der Waals surface area (Å²) < 4.78 is 29.3. The van der Waals surface area contributed by atoms with Gasteiger partial charge in [-0.15, -0.1) is 0 Å². The van der Waals surface area contributed by atoms with Crippen molar-refractivity contribution in [1.82, 2.24) is 0 Å². The van der Waals surface area contributed by atoms with Gasteiger partial charge in [-0.2, -0.15) is 0 Å². The van der Waals surface area contributed by atoms with Crippen LogP contribution in [0, 0.1) is 5.92 Å². The van der Waals surface area contributed by atoms with Gasteiger partial charge in [0.25, 0.3) is 0 Å². The summed E-state index contributed by atoms with van der Waals surface area (Å²) in [6, 6.07) is 7.58. The summed E-state index contributed by atoms with van der Waals surface area (Å²) in [4.78, 5) is 0. The molecule has 5 rings (SSSR count). The Morgan fingerprint density at radius 3 is 2.48 bits per heavy atom. The first-order chi connectivity index (χ1) is 14.0. The molecule has 2 aromatic carbocycles. The van der Waals surface area contributed by atoms with Gasteiger partial charge >= 0.3 is 0 Å². The molecule has 3 aliphatic rings. The lowest BCUT2D eigenvalue weighted by Gasteiger charge is -2.41. The zero-order valence-corrected chi connectivity index (χ0v) is 17.1. The molecule has 0 aromatic heterocycles. The Balaban J connectivity index is 1.56.